The number of nitrogens with one attached hydrogen (secondary N) is 1. The number of nitrogens with zero attached hydrogens (tertiary/aromatic N) is 3. The average molecular weight is 265 g/mol. The maximum atomic E-state index is 5.75. The van der Waals surface area contributed by atoms with E-state index in [9.17, 15) is 0 Å². The second kappa shape index (κ2) is 7.01. The summed E-state index contributed by atoms with van der Waals surface area (Å²) in [5, 5.41) is 8.14. The van der Waals surface area contributed by atoms with Gasteiger partial charge in [0.05, 0.1) is 5.69 Å². The summed E-state index contributed by atoms with van der Waals surface area (Å²) in [4.78, 5) is 0. The minimum atomic E-state index is 0.333. The predicted molar refractivity (Wildman–Crippen MR) is 76.2 cm³/mol. The molecule has 1 unspecified atom stereocenters. The van der Waals surface area contributed by atoms with Crippen molar-refractivity contribution in [1.29, 1.82) is 0 Å². The van der Waals surface area contributed by atoms with Gasteiger partial charge in [0.15, 0.2) is 0 Å². The lowest BCUT2D eigenvalue weighted by atomic mass is 9.76. The highest BCUT2D eigenvalue weighted by Gasteiger charge is 2.27. The van der Waals surface area contributed by atoms with Crippen molar-refractivity contribution in [2.75, 3.05) is 0 Å². The van der Waals surface area contributed by atoms with Gasteiger partial charge < -0.3 is 0 Å². The molecule has 1 atom stereocenters. The third-order valence-corrected chi connectivity index (χ3v) is 4.45. The highest BCUT2D eigenvalue weighted by Crippen LogP contribution is 2.33. The standard InChI is InChI=1S/C14H27N5/c1-3-4-11-5-7-12(8-6-11)14(16-15)9-13-10-19(2)18-17-13/h10-12,14,16H,3-9,15H2,1-2H3. The van der Waals surface area contributed by atoms with Crippen molar-refractivity contribution in [3.8, 4) is 0 Å². The molecule has 3 N–H and O–H groups in total. The Balaban J connectivity index is 1.85. The molecule has 0 aromatic carbocycles. The molecule has 0 radical (unpaired) electrons. The molecule has 0 amide bonds. The van der Waals surface area contributed by atoms with Crippen molar-refractivity contribution < 1.29 is 0 Å². The second-order valence-corrected chi connectivity index (χ2v) is 5.93. The van der Waals surface area contributed by atoms with Gasteiger partial charge in [-0.2, -0.15) is 0 Å². The summed E-state index contributed by atoms with van der Waals surface area (Å²) in [6.45, 7) is 2.28. The molecule has 5 heteroatoms. The Kier molecular flexibility index (Phi) is 5.34. The van der Waals surface area contributed by atoms with Crippen LogP contribution in [0.15, 0.2) is 6.20 Å². The lowest BCUT2D eigenvalue weighted by Gasteiger charge is -2.33. The van der Waals surface area contributed by atoms with Crippen LogP contribution >= 0.6 is 0 Å². The molecule has 5 nitrogen and oxygen atoms in total. The largest absolute Gasteiger partial charge is 0.271 e. The van der Waals surface area contributed by atoms with Crippen molar-refractivity contribution in [2.45, 2.75) is 57.9 Å². The molecule has 0 spiro atoms. The average Bonchev–Trinajstić information content (AvgIpc) is 2.83. The molecule has 1 fully saturated rings. The third kappa shape index (κ3) is 4.01. The molecule has 1 saturated carbocycles. The van der Waals surface area contributed by atoms with E-state index in [1.807, 2.05) is 13.2 Å². The van der Waals surface area contributed by atoms with Crippen LogP contribution in [0.25, 0.3) is 0 Å². The van der Waals surface area contributed by atoms with E-state index in [2.05, 4.69) is 22.7 Å². The van der Waals surface area contributed by atoms with Gasteiger partial charge in [-0.1, -0.05) is 37.8 Å². The Morgan fingerprint density at radius 3 is 2.68 bits per heavy atom. The zero-order chi connectivity index (χ0) is 13.7. The fourth-order valence-corrected chi connectivity index (χ4v) is 3.36. The Hall–Kier alpha value is -0.940. The second-order valence-electron chi connectivity index (χ2n) is 5.93. The van der Waals surface area contributed by atoms with Crippen LogP contribution in [0, 0.1) is 11.8 Å². The summed E-state index contributed by atoms with van der Waals surface area (Å²) >= 11 is 0. The smallest absolute Gasteiger partial charge is 0.0843 e. The van der Waals surface area contributed by atoms with E-state index < -0.39 is 0 Å². The van der Waals surface area contributed by atoms with E-state index in [0.29, 0.717) is 12.0 Å². The van der Waals surface area contributed by atoms with Crippen LogP contribution in [-0.4, -0.2) is 21.0 Å². The molecular weight excluding hydrogens is 238 g/mol. The summed E-state index contributed by atoms with van der Waals surface area (Å²) in [5.74, 6) is 7.37. The highest BCUT2D eigenvalue weighted by atomic mass is 15.4. The normalized spacial score (nSPS) is 25.4. The fourth-order valence-electron chi connectivity index (χ4n) is 3.36. The fraction of sp³-hybridized carbons (Fsp3) is 0.857. The molecule has 2 rings (SSSR count). The number of aromatic nitrogens is 3. The van der Waals surface area contributed by atoms with Crippen LogP contribution in [0.5, 0.6) is 0 Å². The molecule has 108 valence electrons. The van der Waals surface area contributed by atoms with Gasteiger partial charge in [-0.15, -0.1) is 5.10 Å². The summed E-state index contributed by atoms with van der Waals surface area (Å²) in [6, 6.07) is 0.333. The Morgan fingerprint density at radius 1 is 1.42 bits per heavy atom. The number of hydrazine groups is 1. The van der Waals surface area contributed by atoms with Crippen LogP contribution < -0.4 is 11.3 Å². The van der Waals surface area contributed by atoms with Crippen molar-refractivity contribution in [3.05, 3.63) is 11.9 Å². The Bertz CT molecular complexity index is 368. The van der Waals surface area contributed by atoms with Crippen LogP contribution in [0.3, 0.4) is 0 Å². The summed E-state index contributed by atoms with van der Waals surface area (Å²) in [5.41, 5.74) is 4.03. The maximum absolute atomic E-state index is 5.75. The quantitative estimate of drug-likeness (QED) is 0.608. The van der Waals surface area contributed by atoms with Crippen LogP contribution in [0.2, 0.25) is 0 Å². The molecule has 0 saturated heterocycles. The molecule has 1 aromatic rings. The molecule has 0 aliphatic heterocycles. The monoisotopic (exact) mass is 265 g/mol. The first-order valence-corrected chi connectivity index (χ1v) is 7.54. The van der Waals surface area contributed by atoms with Gasteiger partial charge in [0.25, 0.3) is 0 Å². The van der Waals surface area contributed by atoms with Gasteiger partial charge in [0, 0.05) is 25.7 Å². The summed E-state index contributed by atoms with van der Waals surface area (Å²) in [7, 11) is 1.90. The number of aryl methyl sites for hydroxylation is 1. The number of nitrogens with two attached hydrogens (primary N) is 1. The molecule has 1 aliphatic carbocycles. The number of hydrogen-bond donors (Lipinski definition) is 2. The van der Waals surface area contributed by atoms with Gasteiger partial charge in [0.1, 0.15) is 0 Å². The molecular formula is C14H27N5. The van der Waals surface area contributed by atoms with E-state index in [1.165, 1.54) is 38.5 Å². The van der Waals surface area contributed by atoms with E-state index in [-0.39, 0.29) is 0 Å². The van der Waals surface area contributed by atoms with E-state index >= 15 is 0 Å². The minimum absolute atomic E-state index is 0.333. The van der Waals surface area contributed by atoms with Gasteiger partial charge >= 0.3 is 0 Å². The van der Waals surface area contributed by atoms with E-state index in [4.69, 9.17) is 5.84 Å². The van der Waals surface area contributed by atoms with E-state index in [0.717, 1.165) is 18.0 Å². The lowest BCUT2D eigenvalue weighted by Crippen LogP contribution is -2.43. The van der Waals surface area contributed by atoms with Gasteiger partial charge in [0.2, 0.25) is 0 Å². The number of rotatable bonds is 6. The van der Waals surface area contributed by atoms with Crippen molar-refractivity contribution in [3.63, 3.8) is 0 Å². The zero-order valence-corrected chi connectivity index (χ0v) is 12.2. The summed E-state index contributed by atoms with van der Waals surface area (Å²) in [6.07, 6.45) is 10.9. The first-order chi connectivity index (χ1) is 9.22. The van der Waals surface area contributed by atoms with Crippen molar-refractivity contribution >= 4 is 0 Å². The van der Waals surface area contributed by atoms with Crippen LogP contribution in [0.1, 0.15) is 51.1 Å². The SMILES string of the molecule is CCCC1CCC(C(Cc2cn(C)nn2)NN)CC1. The first-order valence-electron chi connectivity index (χ1n) is 7.54. The van der Waals surface area contributed by atoms with Gasteiger partial charge in [-0.25, -0.2) is 0 Å². The topological polar surface area (TPSA) is 68.8 Å². The van der Waals surface area contributed by atoms with Crippen molar-refractivity contribution in [2.24, 2.45) is 24.7 Å². The molecule has 19 heavy (non-hydrogen) atoms. The minimum Gasteiger partial charge on any atom is -0.271 e. The molecule has 1 aromatic heterocycles. The number of hydrogen-bond acceptors (Lipinski definition) is 4. The zero-order valence-electron chi connectivity index (χ0n) is 12.2. The predicted octanol–water partition coefficient (Wildman–Crippen LogP) is 1.80. The highest BCUT2D eigenvalue weighted by molar-refractivity contribution is 4.97. The first kappa shape index (κ1) is 14.5. The van der Waals surface area contributed by atoms with E-state index in [1.54, 1.807) is 4.68 Å². The molecule has 1 aliphatic rings. The third-order valence-electron chi connectivity index (χ3n) is 4.45. The van der Waals surface area contributed by atoms with Crippen molar-refractivity contribution in [1.82, 2.24) is 20.4 Å². The lowest BCUT2D eigenvalue weighted by molar-refractivity contribution is 0.212. The van der Waals surface area contributed by atoms with Gasteiger partial charge in [-0.3, -0.25) is 16.0 Å². The van der Waals surface area contributed by atoms with Crippen LogP contribution in [0.4, 0.5) is 0 Å². The Labute approximate surface area is 115 Å². The van der Waals surface area contributed by atoms with Gasteiger partial charge in [-0.05, 0) is 24.7 Å². The molecule has 0 bridgehead atoms. The Morgan fingerprint density at radius 2 is 2.16 bits per heavy atom. The summed E-state index contributed by atoms with van der Waals surface area (Å²) < 4.78 is 1.75. The van der Waals surface area contributed by atoms with Crippen LogP contribution in [-0.2, 0) is 13.5 Å². The molecule has 1 heterocycles. The maximum Gasteiger partial charge on any atom is 0.0843 e.